The third-order valence-electron chi connectivity index (χ3n) is 4.31. The highest BCUT2D eigenvalue weighted by Gasteiger charge is 2.12. The van der Waals surface area contributed by atoms with Crippen LogP contribution in [0.4, 0.5) is 11.4 Å². The van der Waals surface area contributed by atoms with Crippen molar-refractivity contribution in [2.45, 2.75) is 0 Å². The zero-order valence-corrected chi connectivity index (χ0v) is 15.0. The van der Waals surface area contributed by atoms with E-state index in [-0.39, 0.29) is 17.0 Å². The summed E-state index contributed by atoms with van der Waals surface area (Å²) in [7, 11) is 3.31. The number of amides is 1. The smallest absolute Gasteiger partial charge is 0.321 e. The Balaban J connectivity index is 1.89. The molecule has 2 aromatic carbocycles. The Morgan fingerprint density at radius 2 is 1.79 bits per heavy atom. The highest BCUT2D eigenvalue weighted by molar-refractivity contribution is 6.09. The number of fused-ring (bicyclic) bond motifs is 1. The first kappa shape index (κ1) is 18.6. The van der Waals surface area contributed by atoms with Gasteiger partial charge in [-0.15, -0.1) is 0 Å². The molecule has 0 aliphatic carbocycles. The Kier molecular flexibility index (Phi) is 4.78. The van der Waals surface area contributed by atoms with Crippen LogP contribution in [-0.4, -0.2) is 20.0 Å². The normalized spacial score (nSPS) is 11.2. The molecule has 0 fully saturated rings. The molecule has 0 radical (unpaired) electrons. The Bertz CT molecular complexity index is 1230. The molecule has 9 heteroatoms. The van der Waals surface area contributed by atoms with Crippen LogP contribution in [0.1, 0.15) is 5.56 Å². The lowest BCUT2D eigenvalue weighted by atomic mass is 10.1. The van der Waals surface area contributed by atoms with E-state index in [1.54, 1.807) is 32.3 Å². The number of nitro benzene ring substituents is 1. The maximum Gasteiger partial charge on any atom is 0.328 e. The number of nitrogens with one attached hydrogen (secondary N) is 1. The van der Waals surface area contributed by atoms with Crippen molar-refractivity contribution in [3.8, 4) is 6.07 Å². The first-order valence-electron chi connectivity index (χ1n) is 8.15. The lowest BCUT2D eigenvalue weighted by Gasteiger charge is -2.04. The highest BCUT2D eigenvalue weighted by atomic mass is 16.6. The molecule has 0 saturated carbocycles. The lowest BCUT2D eigenvalue weighted by molar-refractivity contribution is -0.384. The molecule has 1 amide bonds. The van der Waals surface area contributed by atoms with Gasteiger partial charge in [0.25, 0.3) is 11.6 Å². The fourth-order valence-corrected chi connectivity index (χ4v) is 2.79. The third kappa shape index (κ3) is 3.39. The standard InChI is InChI=1S/C19H15N5O4/c1-22-16-8-3-12(10-17(16)23(2)19(22)26)9-13(11-20)18(25)21-14-4-6-15(7-5-14)24(27)28/h3-10H,1-2H3,(H,21,25)/b13-9+. The predicted octanol–water partition coefficient (Wildman–Crippen LogP) is 2.33. The number of nitrogens with zero attached hydrogens (tertiary/aromatic N) is 4. The van der Waals surface area contributed by atoms with E-state index in [1.807, 2.05) is 6.07 Å². The maximum absolute atomic E-state index is 12.4. The highest BCUT2D eigenvalue weighted by Crippen LogP contribution is 2.18. The van der Waals surface area contributed by atoms with Gasteiger partial charge < -0.3 is 5.32 Å². The molecule has 0 unspecified atom stereocenters. The van der Waals surface area contributed by atoms with Crippen molar-refractivity contribution >= 4 is 34.4 Å². The van der Waals surface area contributed by atoms with Crippen molar-refractivity contribution in [3.05, 3.63) is 74.2 Å². The van der Waals surface area contributed by atoms with Crippen molar-refractivity contribution < 1.29 is 9.72 Å². The van der Waals surface area contributed by atoms with Crippen LogP contribution in [0, 0.1) is 21.4 Å². The number of nitro groups is 1. The number of hydrogen-bond acceptors (Lipinski definition) is 5. The van der Waals surface area contributed by atoms with Gasteiger partial charge in [0.1, 0.15) is 11.6 Å². The van der Waals surface area contributed by atoms with E-state index in [0.717, 1.165) is 5.52 Å². The summed E-state index contributed by atoms with van der Waals surface area (Å²) in [6.45, 7) is 0. The summed E-state index contributed by atoms with van der Waals surface area (Å²) in [5, 5.41) is 22.5. The minimum Gasteiger partial charge on any atom is -0.321 e. The first-order chi connectivity index (χ1) is 13.3. The van der Waals surface area contributed by atoms with E-state index in [0.29, 0.717) is 16.8 Å². The summed E-state index contributed by atoms with van der Waals surface area (Å²) in [6, 6.07) is 12.3. The van der Waals surface area contributed by atoms with Crippen LogP contribution in [0.15, 0.2) is 52.8 Å². The topological polar surface area (TPSA) is 123 Å². The number of imidazole rings is 1. The SMILES string of the molecule is Cn1c(=O)n(C)c2cc(/C=C(\C#N)C(=O)Nc3ccc([N+](=O)[O-])cc3)ccc21. The summed E-state index contributed by atoms with van der Waals surface area (Å²) in [5.74, 6) is -0.640. The second kappa shape index (κ2) is 7.20. The molecule has 0 spiro atoms. The summed E-state index contributed by atoms with van der Waals surface area (Å²) in [4.78, 5) is 34.5. The Hall–Kier alpha value is -4.19. The van der Waals surface area contributed by atoms with E-state index in [4.69, 9.17) is 0 Å². The van der Waals surface area contributed by atoms with Crippen LogP contribution >= 0.6 is 0 Å². The van der Waals surface area contributed by atoms with Crippen molar-refractivity contribution in [3.63, 3.8) is 0 Å². The molecule has 3 aromatic rings. The number of anilines is 1. The van der Waals surface area contributed by atoms with Gasteiger partial charge in [-0.3, -0.25) is 24.0 Å². The van der Waals surface area contributed by atoms with Gasteiger partial charge in [-0.1, -0.05) is 6.07 Å². The fraction of sp³-hybridized carbons (Fsp3) is 0.105. The van der Waals surface area contributed by atoms with Gasteiger partial charge >= 0.3 is 5.69 Å². The molecule has 0 aliphatic heterocycles. The minimum absolute atomic E-state index is 0.101. The molecule has 0 aliphatic rings. The van der Waals surface area contributed by atoms with Crippen LogP contribution in [0.25, 0.3) is 17.1 Å². The minimum atomic E-state index is -0.640. The van der Waals surface area contributed by atoms with Crippen molar-refractivity contribution in [2.24, 2.45) is 14.1 Å². The van der Waals surface area contributed by atoms with Gasteiger partial charge in [0.05, 0.1) is 16.0 Å². The van der Waals surface area contributed by atoms with Crippen LogP contribution in [0.5, 0.6) is 0 Å². The zero-order valence-electron chi connectivity index (χ0n) is 15.0. The molecule has 9 nitrogen and oxygen atoms in total. The lowest BCUT2D eigenvalue weighted by Crippen LogP contribution is -2.19. The van der Waals surface area contributed by atoms with Gasteiger partial charge in [0.2, 0.25) is 0 Å². The van der Waals surface area contributed by atoms with Gasteiger partial charge in [-0.05, 0) is 35.9 Å². The average Bonchev–Trinajstić information content (AvgIpc) is 2.90. The van der Waals surface area contributed by atoms with Gasteiger partial charge in [-0.2, -0.15) is 5.26 Å². The van der Waals surface area contributed by atoms with Crippen LogP contribution in [0.2, 0.25) is 0 Å². The van der Waals surface area contributed by atoms with E-state index < -0.39 is 10.8 Å². The van der Waals surface area contributed by atoms with Crippen LogP contribution in [0.3, 0.4) is 0 Å². The largest absolute Gasteiger partial charge is 0.328 e. The fourth-order valence-electron chi connectivity index (χ4n) is 2.79. The monoisotopic (exact) mass is 377 g/mol. The molecule has 1 aromatic heterocycles. The number of aromatic nitrogens is 2. The molecular formula is C19H15N5O4. The molecule has 140 valence electrons. The molecular weight excluding hydrogens is 362 g/mol. The second-order valence-electron chi connectivity index (χ2n) is 6.08. The number of benzene rings is 2. The summed E-state index contributed by atoms with van der Waals surface area (Å²) in [5.41, 5.74) is 1.91. The van der Waals surface area contributed by atoms with Gasteiger partial charge in [0.15, 0.2) is 0 Å². The van der Waals surface area contributed by atoms with E-state index in [9.17, 15) is 25.0 Å². The third-order valence-corrected chi connectivity index (χ3v) is 4.31. The summed E-state index contributed by atoms with van der Waals surface area (Å²) in [6.07, 6.45) is 1.41. The number of rotatable bonds is 4. The zero-order chi connectivity index (χ0) is 20.4. The summed E-state index contributed by atoms with van der Waals surface area (Å²) >= 11 is 0. The van der Waals surface area contributed by atoms with Crippen molar-refractivity contribution in [2.75, 3.05) is 5.32 Å². The van der Waals surface area contributed by atoms with Gasteiger partial charge in [0, 0.05) is 31.9 Å². The molecule has 3 rings (SSSR count). The molecule has 1 N–H and O–H groups in total. The van der Waals surface area contributed by atoms with Crippen LogP contribution in [-0.2, 0) is 18.9 Å². The predicted molar refractivity (Wildman–Crippen MR) is 103 cm³/mol. The molecule has 1 heterocycles. The van der Waals surface area contributed by atoms with Crippen LogP contribution < -0.4 is 11.0 Å². The Morgan fingerprint density at radius 1 is 1.14 bits per heavy atom. The number of nitriles is 1. The molecule has 0 bridgehead atoms. The quantitative estimate of drug-likeness (QED) is 0.323. The average molecular weight is 377 g/mol. The molecule has 28 heavy (non-hydrogen) atoms. The van der Waals surface area contributed by atoms with E-state index >= 15 is 0 Å². The Morgan fingerprint density at radius 3 is 2.39 bits per heavy atom. The number of hydrogen-bond donors (Lipinski definition) is 1. The van der Waals surface area contributed by atoms with E-state index in [2.05, 4.69) is 5.32 Å². The van der Waals surface area contributed by atoms with Crippen molar-refractivity contribution in [1.29, 1.82) is 5.26 Å². The summed E-state index contributed by atoms with van der Waals surface area (Å²) < 4.78 is 2.99. The molecule has 0 saturated heterocycles. The van der Waals surface area contributed by atoms with E-state index in [1.165, 1.54) is 39.5 Å². The Labute approximate surface area is 158 Å². The molecule has 0 atom stereocenters. The second-order valence-corrected chi connectivity index (χ2v) is 6.08. The van der Waals surface area contributed by atoms with Crippen molar-refractivity contribution in [1.82, 2.24) is 9.13 Å². The number of aryl methyl sites for hydroxylation is 2. The first-order valence-corrected chi connectivity index (χ1v) is 8.15. The maximum atomic E-state index is 12.4. The number of carbonyl (C=O) groups is 1. The van der Waals surface area contributed by atoms with Gasteiger partial charge in [-0.25, -0.2) is 4.79 Å². The number of carbonyl (C=O) groups excluding carboxylic acids is 1. The number of non-ortho nitro benzene ring substituents is 1.